The van der Waals surface area contributed by atoms with E-state index in [1.165, 1.54) is 97.2 Å². The number of para-hydroxylation sites is 3. The van der Waals surface area contributed by atoms with Gasteiger partial charge in [0.05, 0.1) is 22.1 Å². The zero-order chi connectivity index (χ0) is 37.5. The van der Waals surface area contributed by atoms with E-state index in [1.54, 1.807) is 0 Å². The number of fused-ring (bicyclic) bond motifs is 9. The summed E-state index contributed by atoms with van der Waals surface area (Å²) in [6.07, 6.45) is 0. The van der Waals surface area contributed by atoms with Crippen LogP contribution in [0.3, 0.4) is 0 Å². The summed E-state index contributed by atoms with van der Waals surface area (Å²) in [5, 5.41) is 7.77. The van der Waals surface area contributed by atoms with Crippen LogP contribution in [0.25, 0.3) is 109 Å². The van der Waals surface area contributed by atoms with Crippen LogP contribution in [-0.4, -0.2) is 9.13 Å². The van der Waals surface area contributed by atoms with E-state index < -0.39 is 0 Å². The molecule has 3 heterocycles. The van der Waals surface area contributed by atoms with Crippen LogP contribution in [0.5, 0.6) is 0 Å². The van der Waals surface area contributed by atoms with Gasteiger partial charge in [-0.15, -0.1) is 11.3 Å². The minimum absolute atomic E-state index is 1.15. The Morgan fingerprint density at radius 2 is 0.702 bits per heavy atom. The van der Waals surface area contributed by atoms with Crippen molar-refractivity contribution in [3.05, 3.63) is 206 Å². The lowest BCUT2D eigenvalue weighted by atomic mass is 9.96. The molecule has 12 aromatic rings. The van der Waals surface area contributed by atoms with Gasteiger partial charge in [0, 0.05) is 53.1 Å². The Balaban J connectivity index is 0.938. The fourth-order valence-corrected chi connectivity index (χ4v) is 10.1. The molecule has 0 fully saturated rings. The summed E-state index contributed by atoms with van der Waals surface area (Å²) in [6, 6.07) is 75.7. The molecular weight excluding hydrogens is 709 g/mol. The summed E-state index contributed by atoms with van der Waals surface area (Å²) in [5.74, 6) is 0. The topological polar surface area (TPSA) is 9.86 Å². The van der Waals surface area contributed by atoms with Gasteiger partial charge in [-0.3, -0.25) is 0 Å². The van der Waals surface area contributed by atoms with Gasteiger partial charge in [0.15, 0.2) is 0 Å². The lowest BCUT2D eigenvalue weighted by Gasteiger charge is -2.14. The Morgan fingerprint density at radius 1 is 0.246 bits per heavy atom. The number of benzene rings is 9. The summed E-state index contributed by atoms with van der Waals surface area (Å²) >= 11 is 1.88. The van der Waals surface area contributed by atoms with Crippen LogP contribution in [0.2, 0.25) is 0 Å². The standard InChI is InChI=1S/C54H34N2S/c1-2-12-35(13-3-1)39-30-40(32-42(31-39)56-49-18-8-4-14-43(49)44-15-5-9-19-50(44)56)38-24-22-36(23-25-38)37-26-28-41(29-27-37)55-51-20-10-6-16-45(51)47-33-48-46-17-7-11-21-53(46)57-54(48)34-52(47)55/h1-34H. The van der Waals surface area contributed by atoms with Gasteiger partial charge in [0.25, 0.3) is 0 Å². The molecule has 0 radical (unpaired) electrons. The zero-order valence-corrected chi connectivity index (χ0v) is 31.7. The average molecular weight is 743 g/mol. The molecule has 0 aliphatic rings. The zero-order valence-electron chi connectivity index (χ0n) is 30.9. The van der Waals surface area contributed by atoms with Crippen LogP contribution in [0.4, 0.5) is 0 Å². The summed E-state index contributed by atoms with van der Waals surface area (Å²) in [5.41, 5.74) is 14.4. The molecule has 266 valence electrons. The first-order chi connectivity index (χ1) is 28.2. The Bertz CT molecular complexity index is 3440. The molecule has 12 rings (SSSR count). The normalized spacial score (nSPS) is 11.9. The number of rotatable bonds is 5. The molecule has 0 unspecified atom stereocenters. The third-order valence-electron chi connectivity index (χ3n) is 11.7. The number of thiophene rings is 1. The minimum atomic E-state index is 1.15. The number of hydrogen-bond donors (Lipinski definition) is 0. The van der Waals surface area contributed by atoms with Gasteiger partial charge in [-0.2, -0.15) is 0 Å². The summed E-state index contributed by atoms with van der Waals surface area (Å²) in [7, 11) is 0. The second kappa shape index (κ2) is 12.7. The molecule has 57 heavy (non-hydrogen) atoms. The molecule has 9 aromatic carbocycles. The fourth-order valence-electron chi connectivity index (χ4n) is 9.03. The summed E-state index contributed by atoms with van der Waals surface area (Å²) < 4.78 is 7.49. The van der Waals surface area contributed by atoms with Crippen LogP contribution in [0.15, 0.2) is 206 Å². The Labute approximate surface area is 333 Å². The molecule has 0 N–H and O–H groups in total. The van der Waals surface area contributed by atoms with Gasteiger partial charge in [0.1, 0.15) is 0 Å². The van der Waals surface area contributed by atoms with E-state index in [0.717, 1.165) is 11.4 Å². The van der Waals surface area contributed by atoms with Crippen LogP contribution < -0.4 is 0 Å². The molecule has 0 atom stereocenters. The average Bonchev–Trinajstić information content (AvgIpc) is 3.93. The largest absolute Gasteiger partial charge is 0.309 e. The first-order valence-electron chi connectivity index (χ1n) is 19.5. The Hall–Kier alpha value is -7.20. The van der Waals surface area contributed by atoms with Crippen molar-refractivity contribution in [3.63, 3.8) is 0 Å². The van der Waals surface area contributed by atoms with E-state index in [9.17, 15) is 0 Å². The molecule has 0 amide bonds. The molecule has 0 aliphatic heterocycles. The lowest BCUT2D eigenvalue weighted by molar-refractivity contribution is 1.18. The van der Waals surface area contributed by atoms with E-state index in [1.807, 2.05) is 11.3 Å². The highest BCUT2D eigenvalue weighted by molar-refractivity contribution is 7.25. The van der Waals surface area contributed by atoms with Gasteiger partial charge < -0.3 is 9.13 Å². The predicted octanol–water partition coefficient (Wildman–Crippen LogP) is 15.2. The van der Waals surface area contributed by atoms with Crippen molar-refractivity contribution in [1.29, 1.82) is 0 Å². The molecule has 0 saturated heterocycles. The summed E-state index contributed by atoms with van der Waals surface area (Å²) in [4.78, 5) is 0. The maximum absolute atomic E-state index is 2.43. The van der Waals surface area contributed by atoms with Crippen molar-refractivity contribution in [3.8, 4) is 44.8 Å². The van der Waals surface area contributed by atoms with Gasteiger partial charge in [-0.05, 0) is 100 Å². The smallest absolute Gasteiger partial charge is 0.0555 e. The van der Waals surface area contributed by atoms with Crippen molar-refractivity contribution in [1.82, 2.24) is 9.13 Å². The van der Waals surface area contributed by atoms with Crippen LogP contribution in [0, 0.1) is 0 Å². The minimum Gasteiger partial charge on any atom is -0.309 e. The monoisotopic (exact) mass is 742 g/mol. The first kappa shape index (κ1) is 32.1. The van der Waals surface area contributed by atoms with E-state index in [-0.39, 0.29) is 0 Å². The molecular formula is C54H34N2S. The second-order valence-electron chi connectivity index (χ2n) is 14.9. The number of aromatic nitrogens is 2. The SMILES string of the molecule is c1ccc(-c2cc(-c3ccc(-c4ccc(-n5c6ccccc6c6cc7c(cc65)sc5ccccc57)cc4)cc3)cc(-n3c4ccccc4c4ccccc43)c2)cc1. The highest BCUT2D eigenvalue weighted by Gasteiger charge is 2.17. The third-order valence-corrected chi connectivity index (χ3v) is 12.8. The summed E-state index contributed by atoms with van der Waals surface area (Å²) in [6.45, 7) is 0. The van der Waals surface area contributed by atoms with E-state index >= 15 is 0 Å². The molecule has 0 saturated carbocycles. The maximum Gasteiger partial charge on any atom is 0.0555 e. The quantitative estimate of drug-likeness (QED) is 0.166. The van der Waals surface area contributed by atoms with Gasteiger partial charge in [-0.25, -0.2) is 0 Å². The van der Waals surface area contributed by atoms with Crippen molar-refractivity contribution in [2.45, 2.75) is 0 Å². The molecule has 0 bridgehead atoms. The highest BCUT2D eigenvalue weighted by Crippen LogP contribution is 2.41. The van der Waals surface area contributed by atoms with Crippen LogP contribution in [0.1, 0.15) is 0 Å². The number of hydrogen-bond acceptors (Lipinski definition) is 1. The molecule has 0 spiro atoms. The van der Waals surface area contributed by atoms with Crippen molar-refractivity contribution >= 4 is 75.1 Å². The van der Waals surface area contributed by atoms with Gasteiger partial charge >= 0.3 is 0 Å². The number of nitrogens with zero attached hydrogens (tertiary/aromatic N) is 2. The highest BCUT2D eigenvalue weighted by atomic mass is 32.1. The van der Waals surface area contributed by atoms with Crippen molar-refractivity contribution < 1.29 is 0 Å². The Morgan fingerprint density at radius 3 is 1.32 bits per heavy atom. The van der Waals surface area contributed by atoms with Gasteiger partial charge in [0.2, 0.25) is 0 Å². The van der Waals surface area contributed by atoms with Crippen molar-refractivity contribution in [2.75, 3.05) is 0 Å². The molecule has 3 aromatic heterocycles. The van der Waals surface area contributed by atoms with Crippen LogP contribution >= 0.6 is 11.3 Å². The second-order valence-corrected chi connectivity index (χ2v) is 16.0. The van der Waals surface area contributed by atoms with E-state index in [4.69, 9.17) is 0 Å². The molecule has 2 nitrogen and oxygen atoms in total. The van der Waals surface area contributed by atoms with E-state index in [2.05, 4.69) is 215 Å². The van der Waals surface area contributed by atoms with Gasteiger partial charge in [-0.1, -0.05) is 140 Å². The molecule has 0 aliphatic carbocycles. The molecule has 3 heteroatoms. The third kappa shape index (κ3) is 5.10. The maximum atomic E-state index is 2.43. The first-order valence-corrected chi connectivity index (χ1v) is 20.3. The Kier molecular flexibility index (Phi) is 7.13. The lowest BCUT2D eigenvalue weighted by Crippen LogP contribution is -1.96. The predicted molar refractivity (Wildman–Crippen MR) is 244 cm³/mol. The van der Waals surface area contributed by atoms with Crippen molar-refractivity contribution in [2.24, 2.45) is 0 Å². The fraction of sp³-hybridized carbons (Fsp3) is 0. The van der Waals surface area contributed by atoms with E-state index in [0.29, 0.717) is 0 Å². The van der Waals surface area contributed by atoms with Crippen LogP contribution in [-0.2, 0) is 0 Å².